The Hall–Kier alpha value is -2.20. The molecule has 0 spiro atoms. The summed E-state index contributed by atoms with van der Waals surface area (Å²) in [7, 11) is 1.65. The van der Waals surface area contributed by atoms with Crippen LogP contribution in [0.3, 0.4) is 0 Å². The number of ether oxygens (including phenoxy) is 1. The topological polar surface area (TPSA) is 101 Å². The number of hydrogen-bond donors (Lipinski definition) is 1. The normalized spacial score (nSPS) is 17.1. The molecular weight excluding hydrogens is 234 g/mol. The summed E-state index contributed by atoms with van der Waals surface area (Å²) in [5.41, 5.74) is 0.408. The van der Waals surface area contributed by atoms with Gasteiger partial charge in [-0.1, -0.05) is 5.16 Å². The lowest BCUT2D eigenvalue weighted by molar-refractivity contribution is -0.0858. The molecular formula is C11H11N5O2. The fourth-order valence-corrected chi connectivity index (χ4v) is 2.07. The zero-order valence-corrected chi connectivity index (χ0v) is 9.80. The smallest absolute Gasteiger partial charge is 0.262 e. The van der Waals surface area contributed by atoms with Crippen LogP contribution in [0.1, 0.15) is 30.8 Å². The van der Waals surface area contributed by atoms with E-state index in [4.69, 9.17) is 14.5 Å². The van der Waals surface area contributed by atoms with E-state index in [0.717, 1.165) is 19.3 Å². The fraction of sp³-hybridized carbons (Fsp3) is 0.455. The van der Waals surface area contributed by atoms with Crippen LogP contribution in [0.4, 0.5) is 0 Å². The molecule has 1 aliphatic rings. The summed E-state index contributed by atoms with van der Waals surface area (Å²) in [4.78, 5) is 4.31. The molecule has 7 heteroatoms. The summed E-state index contributed by atoms with van der Waals surface area (Å²) in [5.74, 6) is 0.829. The molecule has 0 bridgehead atoms. The molecule has 1 aliphatic carbocycles. The van der Waals surface area contributed by atoms with E-state index in [1.54, 1.807) is 7.11 Å². The SMILES string of the molecule is COC1(c2noc(-c3cn[nH]c3C#N)n2)CCC1. The number of H-pyrrole nitrogens is 1. The minimum atomic E-state index is -0.418. The zero-order chi connectivity index (χ0) is 12.6. The average Bonchev–Trinajstić information content (AvgIpc) is 2.95. The molecule has 0 amide bonds. The second kappa shape index (κ2) is 3.92. The highest BCUT2D eigenvalue weighted by Crippen LogP contribution is 2.43. The Morgan fingerprint density at radius 3 is 3.00 bits per heavy atom. The maximum atomic E-state index is 8.90. The lowest BCUT2D eigenvalue weighted by Crippen LogP contribution is -2.37. The van der Waals surface area contributed by atoms with Gasteiger partial charge in [-0.3, -0.25) is 5.10 Å². The van der Waals surface area contributed by atoms with Crippen LogP contribution in [-0.4, -0.2) is 27.4 Å². The number of hydrogen-bond acceptors (Lipinski definition) is 6. The van der Waals surface area contributed by atoms with Gasteiger partial charge in [0.25, 0.3) is 5.89 Å². The summed E-state index contributed by atoms with van der Waals surface area (Å²) in [6, 6.07) is 1.99. The first-order valence-corrected chi connectivity index (χ1v) is 5.62. The molecule has 2 heterocycles. The van der Waals surface area contributed by atoms with Gasteiger partial charge in [-0.05, 0) is 19.3 Å². The van der Waals surface area contributed by atoms with E-state index in [1.807, 2.05) is 6.07 Å². The van der Waals surface area contributed by atoms with Gasteiger partial charge in [-0.25, -0.2) is 0 Å². The first kappa shape index (κ1) is 10.9. The third-order valence-electron chi connectivity index (χ3n) is 3.37. The molecule has 0 saturated heterocycles. The minimum absolute atomic E-state index is 0.290. The van der Waals surface area contributed by atoms with Crippen LogP contribution in [-0.2, 0) is 10.3 Å². The molecule has 1 fully saturated rings. The van der Waals surface area contributed by atoms with E-state index in [9.17, 15) is 0 Å². The Kier molecular flexibility index (Phi) is 2.38. The third kappa shape index (κ3) is 1.43. The van der Waals surface area contributed by atoms with Crippen molar-refractivity contribution in [2.24, 2.45) is 0 Å². The summed E-state index contributed by atoms with van der Waals surface area (Å²) >= 11 is 0. The molecule has 0 aliphatic heterocycles. The summed E-state index contributed by atoms with van der Waals surface area (Å²) in [5, 5.41) is 19.2. The Balaban J connectivity index is 1.97. The second-order valence-electron chi connectivity index (χ2n) is 4.25. The maximum absolute atomic E-state index is 8.90. The predicted octanol–water partition coefficient (Wildman–Crippen LogP) is 1.36. The van der Waals surface area contributed by atoms with Gasteiger partial charge in [0.05, 0.1) is 11.8 Å². The molecule has 0 unspecified atom stereocenters. The Morgan fingerprint density at radius 2 is 2.39 bits per heavy atom. The standard InChI is InChI=1S/C11H11N5O2/c1-17-11(3-2-4-11)10-14-9(18-16-10)7-6-13-15-8(7)5-12/h6H,2-4H2,1H3,(H,13,15). The molecule has 7 nitrogen and oxygen atoms in total. The molecule has 1 saturated carbocycles. The number of nitriles is 1. The molecule has 92 valence electrons. The predicted molar refractivity (Wildman–Crippen MR) is 59.1 cm³/mol. The maximum Gasteiger partial charge on any atom is 0.262 e. The van der Waals surface area contributed by atoms with Crippen LogP contribution >= 0.6 is 0 Å². The van der Waals surface area contributed by atoms with Crippen molar-refractivity contribution >= 4 is 0 Å². The van der Waals surface area contributed by atoms with Gasteiger partial charge in [0.2, 0.25) is 5.82 Å². The second-order valence-corrected chi connectivity index (χ2v) is 4.25. The Bertz CT molecular complexity index is 599. The molecule has 0 aromatic carbocycles. The Labute approximate surface area is 103 Å². The van der Waals surface area contributed by atoms with Crippen LogP contribution in [0.15, 0.2) is 10.7 Å². The molecule has 2 aromatic heterocycles. The summed E-state index contributed by atoms with van der Waals surface area (Å²) in [6.45, 7) is 0. The molecule has 0 radical (unpaired) electrons. The average molecular weight is 245 g/mol. The summed E-state index contributed by atoms with van der Waals surface area (Å²) in [6.07, 6.45) is 4.36. The highest BCUT2D eigenvalue weighted by Gasteiger charge is 2.43. The van der Waals surface area contributed by atoms with Crippen LogP contribution in [0.2, 0.25) is 0 Å². The van der Waals surface area contributed by atoms with Crippen molar-refractivity contribution in [2.75, 3.05) is 7.11 Å². The van der Waals surface area contributed by atoms with Gasteiger partial charge in [0.1, 0.15) is 17.4 Å². The van der Waals surface area contributed by atoms with Crippen molar-refractivity contribution in [3.05, 3.63) is 17.7 Å². The molecule has 2 aromatic rings. The van der Waals surface area contributed by atoms with Crippen molar-refractivity contribution in [3.8, 4) is 17.5 Å². The van der Waals surface area contributed by atoms with E-state index in [2.05, 4.69) is 20.3 Å². The number of nitrogens with one attached hydrogen (secondary N) is 1. The first-order valence-electron chi connectivity index (χ1n) is 5.62. The Morgan fingerprint density at radius 1 is 1.56 bits per heavy atom. The van der Waals surface area contributed by atoms with Gasteiger partial charge in [-0.2, -0.15) is 15.3 Å². The van der Waals surface area contributed by atoms with Gasteiger partial charge in [0.15, 0.2) is 0 Å². The molecule has 3 rings (SSSR count). The number of rotatable bonds is 3. The lowest BCUT2D eigenvalue weighted by Gasteiger charge is -2.37. The van der Waals surface area contributed by atoms with Gasteiger partial charge in [-0.15, -0.1) is 0 Å². The van der Waals surface area contributed by atoms with Gasteiger partial charge >= 0.3 is 0 Å². The number of methoxy groups -OCH3 is 1. The van der Waals surface area contributed by atoms with Crippen molar-refractivity contribution in [1.82, 2.24) is 20.3 Å². The molecule has 0 atom stereocenters. The van der Waals surface area contributed by atoms with Crippen LogP contribution in [0.5, 0.6) is 0 Å². The fourth-order valence-electron chi connectivity index (χ4n) is 2.07. The lowest BCUT2D eigenvalue weighted by atomic mass is 9.79. The monoisotopic (exact) mass is 245 g/mol. The first-order chi connectivity index (χ1) is 8.79. The van der Waals surface area contributed by atoms with Crippen LogP contribution in [0, 0.1) is 11.3 Å². The molecule has 1 N–H and O–H groups in total. The van der Waals surface area contributed by atoms with Gasteiger partial charge in [0, 0.05) is 7.11 Å². The van der Waals surface area contributed by atoms with Crippen molar-refractivity contribution in [2.45, 2.75) is 24.9 Å². The summed E-state index contributed by atoms with van der Waals surface area (Å²) < 4.78 is 10.7. The quantitative estimate of drug-likeness (QED) is 0.876. The van der Waals surface area contributed by atoms with E-state index in [-0.39, 0.29) is 0 Å². The van der Waals surface area contributed by atoms with Crippen LogP contribution < -0.4 is 0 Å². The van der Waals surface area contributed by atoms with Gasteiger partial charge < -0.3 is 9.26 Å². The highest BCUT2D eigenvalue weighted by atomic mass is 16.5. The number of aromatic nitrogens is 4. The van der Waals surface area contributed by atoms with E-state index in [1.165, 1.54) is 6.20 Å². The minimum Gasteiger partial charge on any atom is -0.370 e. The zero-order valence-electron chi connectivity index (χ0n) is 9.80. The third-order valence-corrected chi connectivity index (χ3v) is 3.37. The number of aromatic amines is 1. The van der Waals surface area contributed by atoms with Crippen molar-refractivity contribution < 1.29 is 9.26 Å². The van der Waals surface area contributed by atoms with Crippen molar-refractivity contribution in [1.29, 1.82) is 5.26 Å². The van der Waals surface area contributed by atoms with E-state index in [0.29, 0.717) is 23.0 Å². The van der Waals surface area contributed by atoms with E-state index < -0.39 is 5.60 Å². The molecule has 18 heavy (non-hydrogen) atoms. The van der Waals surface area contributed by atoms with E-state index >= 15 is 0 Å². The van der Waals surface area contributed by atoms with Crippen molar-refractivity contribution in [3.63, 3.8) is 0 Å². The van der Waals surface area contributed by atoms with Crippen LogP contribution in [0.25, 0.3) is 11.5 Å². The largest absolute Gasteiger partial charge is 0.370 e. The number of nitrogens with zero attached hydrogens (tertiary/aromatic N) is 4. The highest BCUT2D eigenvalue weighted by molar-refractivity contribution is 5.59.